The molecule has 0 spiro atoms. The maximum absolute atomic E-state index is 13.9. The molecule has 0 unspecified atom stereocenters. The normalized spacial score (nSPS) is 14.7. The van der Waals surface area contributed by atoms with Gasteiger partial charge in [-0.1, -0.05) is 0 Å². The van der Waals surface area contributed by atoms with Gasteiger partial charge < -0.3 is 30.6 Å². The number of piperidine rings is 1. The van der Waals surface area contributed by atoms with Crippen molar-refractivity contribution in [1.82, 2.24) is 24.4 Å². The number of alkyl halides is 3. The molecule has 14 heteroatoms. The number of nitrogens with two attached hydrogens (primary N) is 2. The second-order valence-electron chi connectivity index (χ2n) is 9.75. The molecule has 1 aliphatic rings. The van der Waals surface area contributed by atoms with E-state index in [2.05, 4.69) is 14.9 Å². The summed E-state index contributed by atoms with van der Waals surface area (Å²) in [6.45, 7) is 3.52. The summed E-state index contributed by atoms with van der Waals surface area (Å²) in [5.74, 6) is -0.963. The first-order valence-electron chi connectivity index (χ1n) is 12.8. The fraction of sp³-hybridized carbons (Fsp3) is 0.462. The Bertz CT molecular complexity index is 1340. The molecule has 40 heavy (non-hydrogen) atoms. The molecule has 0 saturated carbocycles. The Labute approximate surface area is 228 Å². The van der Waals surface area contributed by atoms with E-state index in [1.807, 2.05) is 16.5 Å². The Balaban J connectivity index is 1.61. The van der Waals surface area contributed by atoms with E-state index in [0.717, 1.165) is 18.0 Å². The molecule has 216 valence electrons. The summed E-state index contributed by atoms with van der Waals surface area (Å²) >= 11 is 0. The lowest BCUT2D eigenvalue weighted by molar-refractivity contribution is -0.139. The van der Waals surface area contributed by atoms with Crippen LogP contribution in [0, 0.1) is 5.82 Å². The predicted octanol–water partition coefficient (Wildman–Crippen LogP) is 3.14. The molecule has 0 radical (unpaired) electrons. The van der Waals surface area contributed by atoms with E-state index in [-0.39, 0.29) is 22.9 Å². The van der Waals surface area contributed by atoms with E-state index in [1.54, 1.807) is 13.3 Å². The summed E-state index contributed by atoms with van der Waals surface area (Å²) in [6.07, 6.45) is -0.559. The van der Waals surface area contributed by atoms with E-state index < -0.39 is 23.5 Å². The molecule has 0 bridgehead atoms. The monoisotopic (exact) mass is 564 g/mol. The van der Waals surface area contributed by atoms with Crippen molar-refractivity contribution < 1.29 is 27.1 Å². The Morgan fingerprint density at radius 3 is 2.58 bits per heavy atom. The quantitative estimate of drug-likeness (QED) is 0.360. The fourth-order valence-corrected chi connectivity index (χ4v) is 4.83. The molecule has 0 atom stereocenters. The lowest BCUT2D eigenvalue weighted by Gasteiger charge is -2.33. The highest BCUT2D eigenvalue weighted by molar-refractivity contribution is 6.01. The van der Waals surface area contributed by atoms with Crippen LogP contribution < -0.4 is 16.4 Å². The number of hydrogen-bond donors (Lipinski definition) is 2. The number of nitrogen functional groups attached to an aromatic ring is 1. The van der Waals surface area contributed by atoms with Gasteiger partial charge in [-0.2, -0.15) is 13.2 Å². The van der Waals surface area contributed by atoms with Gasteiger partial charge in [-0.05, 0) is 38.1 Å². The van der Waals surface area contributed by atoms with E-state index in [4.69, 9.17) is 21.2 Å². The largest absolute Gasteiger partial charge is 0.419 e. The minimum absolute atomic E-state index is 0.00919. The number of imidazole rings is 1. The second-order valence-corrected chi connectivity index (χ2v) is 9.75. The van der Waals surface area contributed by atoms with Crippen LogP contribution >= 0.6 is 0 Å². The number of aromatic nitrogens is 4. The molecule has 10 nitrogen and oxygen atoms in total. The van der Waals surface area contributed by atoms with E-state index in [0.29, 0.717) is 63.7 Å². The van der Waals surface area contributed by atoms with Crippen LogP contribution in [-0.4, -0.2) is 77.3 Å². The maximum atomic E-state index is 13.9. The minimum atomic E-state index is -4.82. The first-order valence-corrected chi connectivity index (χ1v) is 12.8. The molecule has 0 aliphatic carbocycles. The topological polar surface area (TPSA) is 128 Å². The fourth-order valence-electron chi connectivity index (χ4n) is 4.83. The summed E-state index contributed by atoms with van der Waals surface area (Å²) in [7, 11) is 3.58. The molecule has 3 aromatic rings. The molecule has 3 heterocycles. The molecule has 1 aromatic carbocycles. The van der Waals surface area contributed by atoms with Crippen molar-refractivity contribution in [2.45, 2.75) is 31.5 Å². The van der Waals surface area contributed by atoms with E-state index in [1.165, 1.54) is 12.4 Å². The number of hydrogen-bond acceptors (Lipinski definition) is 8. The van der Waals surface area contributed by atoms with Crippen molar-refractivity contribution in [3.63, 3.8) is 0 Å². The third kappa shape index (κ3) is 6.50. The number of carbonyl (C=O) groups is 1. The van der Waals surface area contributed by atoms with Crippen LogP contribution in [0.4, 0.5) is 29.2 Å². The van der Waals surface area contributed by atoms with Gasteiger partial charge in [-0.15, -0.1) is 0 Å². The molecular formula is C26H32F4N8O2. The van der Waals surface area contributed by atoms with Gasteiger partial charge in [0.15, 0.2) is 0 Å². The number of halogens is 4. The smallest absolute Gasteiger partial charge is 0.383 e. The van der Waals surface area contributed by atoms with Gasteiger partial charge >= 0.3 is 6.18 Å². The Morgan fingerprint density at radius 1 is 1.20 bits per heavy atom. The zero-order valence-electron chi connectivity index (χ0n) is 22.3. The highest BCUT2D eigenvalue weighted by Crippen LogP contribution is 2.36. The molecule has 1 aliphatic heterocycles. The number of ether oxygens (including phenoxy) is 1. The first-order chi connectivity index (χ1) is 19.0. The number of nitrogens with zero attached hydrogens (tertiary/aromatic N) is 6. The third-order valence-electron chi connectivity index (χ3n) is 7.04. The number of carbonyl (C=O) groups excluding carboxylic acids is 1. The minimum Gasteiger partial charge on any atom is -0.383 e. The molecular weight excluding hydrogens is 532 g/mol. The van der Waals surface area contributed by atoms with Crippen molar-refractivity contribution in [1.29, 1.82) is 0 Å². The first kappa shape index (κ1) is 29.2. The summed E-state index contributed by atoms with van der Waals surface area (Å²) in [6, 6.07) is 2.92. The van der Waals surface area contributed by atoms with Crippen LogP contribution in [0.1, 0.15) is 40.5 Å². The van der Waals surface area contributed by atoms with Gasteiger partial charge in [0.25, 0.3) is 5.91 Å². The molecule has 1 fully saturated rings. The van der Waals surface area contributed by atoms with Crippen molar-refractivity contribution in [2.75, 3.05) is 57.6 Å². The second kappa shape index (κ2) is 12.2. The van der Waals surface area contributed by atoms with Crippen LogP contribution in [0.15, 0.2) is 30.7 Å². The number of anilines is 2. The predicted molar refractivity (Wildman–Crippen MR) is 141 cm³/mol. The lowest BCUT2D eigenvalue weighted by atomic mass is 9.95. The zero-order valence-corrected chi connectivity index (χ0v) is 22.3. The molecule has 1 saturated heterocycles. The number of benzene rings is 1. The molecule has 2 aromatic heterocycles. The van der Waals surface area contributed by atoms with Crippen LogP contribution in [0.5, 0.6) is 0 Å². The van der Waals surface area contributed by atoms with Crippen LogP contribution in [0.3, 0.4) is 0 Å². The van der Waals surface area contributed by atoms with Crippen molar-refractivity contribution >= 4 is 17.5 Å². The van der Waals surface area contributed by atoms with Crippen LogP contribution in [0.25, 0.3) is 11.3 Å². The van der Waals surface area contributed by atoms with E-state index >= 15 is 0 Å². The number of primary amides is 1. The summed E-state index contributed by atoms with van der Waals surface area (Å²) in [5, 5.41) is 0. The van der Waals surface area contributed by atoms with Crippen LogP contribution in [-0.2, 0) is 17.5 Å². The van der Waals surface area contributed by atoms with Gasteiger partial charge in [0, 0.05) is 57.5 Å². The summed E-state index contributed by atoms with van der Waals surface area (Å²) in [5.41, 5.74) is 10.6. The van der Waals surface area contributed by atoms with Crippen molar-refractivity contribution in [3.05, 3.63) is 53.5 Å². The maximum Gasteiger partial charge on any atom is 0.419 e. The van der Waals surface area contributed by atoms with Crippen molar-refractivity contribution in [3.8, 4) is 11.3 Å². The lowest BCUT2D eigenvalue weighted by Crippen LogP contribution is -2.36. The van der Waals surface area contributed by atoms with Gasteiger partial charge in [0.2, 0.25) is 0 Å². The number of likely N-dealkylation sites (N-methyl/N-ethyl adjacent to an activating group) is 1. The zero-order chi connectivity index (χ0) is 29.0. The van der Waals surface area contributed by atoms with Crippen molar-refractivity contribution in [2.24, 2.45) is 5.73 Å². The number of amides is 1. The SMILES string of the molecule is COCCN(C)CCn1cc(-c2ccc(F)c(C(F)(F)F)c2)nc1C1CCN(c2ncnc(N)c2C(N)=O)CC1. The van der Waals surface area contributed by atoms with Gasteiger partial charge in [0.1, 0.15) is 35.2 Å². The Kier molecular flexibility index (Phi) is 8.88. The summed E-state index contributed by atoms with van der Waals surface area (Å²) < 4.78 is 61.2. The number of methoxy groups -OCH3 is 1. The standard InChI is InChI=1S/C26H32F4N8O2/c1-36(11-12-40-2)9-10-38-14-20(17-3-4-19(27)18(13-17)26(28,29)30)35-24(38)16-5-7-37(8-6-16)25-21(23(32)39)22(31)33-15-34-25/h3-4,13-16H,5-12H2,1-2H3,(H2,32,39)(H2,31,33,34). The molecule has 4 rings (SSSR count). The van der Waals surface area contributed by atoms with Gasteiger partial charge in [0.05, 0.1) is 17.9 Å². The average Bonchev–Trinajstić information content (AvgIpc) is 3.34. The highest BCUT2D eigenvalue weighted by Gasteiger charge is 2.35. The van der Waals surface area contributed by atoms with Crippen LogP contribution in [0.2, 0.25) is 0 Å². The third-order valence-corrected chi connectivity index (χ3v) is 7.04. The molecule has 4 N–H and O–H groups in total. The summed E-state index contributed by atoms with van der Waals surface area (Å²) in [4.78, 5) is 28.8. The number of rotatable bonds is 10. The Morgan fingerprint density at radius 2 is 1.93 bits per heavy atom. The Hall–Kier alpha value is -3.78. The average molecular weight is 565 g/mol. The highest BCUT2D eigenvalue weighted by atomic mass is 19.4. The van der Waals surface area contributed by atoms with E-state index in [9.17, 15) is 22.4 Å². The van der Waals surface area contributed by atoms with Gasteiger partial charge in [-0.25, -0.2) is 19.3 Å². The molecule has 1 amide bonds. The van der Waals surface area contributed by atoms with Gasteiger partial charge in [-0.3, -0.25) is 4.79 Å².